The molecule has 1 spiro atoms. The van der Waals surface area contributed by atoms with Crippen LogP contribution < -0.4 is 10.2 Å². The van der Waals surface area contributed by atoms with Gasteiger partial charge in [0.25, 0.3) is 11.8 Å². The van der Waals surface area contributed by atoms with E-state index < -0.39 is 11.5 Å². The van der Waals surface area contributed by atoms with Gasteiger partial charge in [0.15, 0.2) is 0 Å². The lowest BCUT2D eigenvalue weighted by Gasteiger charge is -2.23. The summed E-state index contributed by atoms with van der Waals surface area (Å²) in [6.07, 6.45) is 1.44. The number of para-hydroxylation sites is 1. The summed E-state index contributed by atoms with van der Waals surface area (Å²) in [6.45, 7) is 2.62. The zero-order chi connectivity index (χ0) is 22.3. The van der Waals surface area contributed by atoms with E-state index in [1.165, 1.54) is 24.3 Å². The Hall–Kier alpha value is -3.58. The van der Waals surface area contributed by atoms with Gasteiger partial charge in [-0.2, -0.15) is 0 Å². The molecule has 7 heteroatoms. The predicted octanol–water partition coefficient (Wildman–Crippen LogP) is 3.85. The van der Waals surface area contributed by atoms with Crippen LogP contribution in [0.2, 0.25) is 0 Å². The van der Waals surface area contributed by atoms with E-state index in [2.05, 4.69) is 10.3 Å². The van der Waals surface area contributed by atoms with Gasteiger partial charge in [0.1, 0.15) is 11.9 Å². The molecule has 5 rings (SSSR count). The number of carbonyl (C=O) groups excluding carboxylic acids is 2. The smallest absolute Gasteiger partial charge is 0.258 e. The Kier molecular flexibility index (Phi) is 4.98. The quantitative estimate of drug-likeness (QED) is 0.684. The molecule has 1 N–H and O–H groups in total. The summed E-state index contributed by atoms with van der Waals surface area (Å²) < 4.78 is 19.3. The van der Waals surface area contributed by atoms with Crippen molar-refractivity contribution in [1.29, 1.82) is 0 Å². The van der Waals surface area contributed by atoms with Gasteiger partial charge >= 0.3 is 0 Å². The van der Waals surface area contributed by atoms with E-state index >= 15 is 0 Å². The minimum atomic E-state index is -0.634. The van der Waals surface area contributed by atoms with Crippen molar-refractivity contribution < 1.29 is 18.7 Å². The number of ether oxygens (including phenoxy) is 1. The molecule has 2 aromatic carbocycles. The van der Waals surface area contributed by atoms with Crippen LogP contribution in [0.5, 0.6) is 0 Å². The highest BCUT2D eigenvalue weighted by molar-refractivity contribution is 6.08. The Morgan fingerprint density at radius 3 is 2.66 bits per heavy atom. The van der Waals surface area contributed by atoms with Crippen LogP contribution in [0.15, 0.2) is 66.9 Å². The van der Waals surface area contributed by atoms with Crippen molar-refractivity contribution in [1.82, 2.24) is 4.98 Å². The number of hydrogen-bond donors (Lipinski definition) is 1. The number of rotatable bonds is 3. The summed E-state index contributed by atoms with van der Waals surface area (Å²) >= 11 is 0. The molecule has 0 bridgehead atoms. The van der Waals surface area contributed by atoms with Gasteiger partial charge in [-0.25, -0.2) is 4.39 Å². The SMILES string of the molecule is Cc1ccc(NC(=O)[C@@H]2C[C@@]3(CO2)CN(C(=O)c2ccc(F)cc2)c2ccccc23)cn1. The number of pyridine rings is 1. The number of amides is 2. The normalized spacial score (nSPS) is 21.6. The molecule has 1 aromatic heterocycles. The van der Waals surface area contributed by atoms with Crippen molar-refractivity contribution in [3.63, 3.8) is 0 Å². The zero-order valence-electron chi connectivity index (χ0n) is 17.5. The Morgan fingerprint density at radius 1 is 1.12 bits per heavy atom. The van der Waals surface area contributed by atoms with Crippen molar-refractivity contribution in [2.75, 3.05) is 23.4 Å². The van der Waals surface area contributed by atoms with Crippen LogP contribution in [0.25, 0.3) is 0 Å². The number of hydrogen-bond acceptors (Lipinski definition) is 4. The summed E-state index contributed by atoms with van der Waals surface area (Å²) in [5, 5.41) is 2.86. The molecule has 1 fully saturated rings. The molecule has 162 valence electrons. The van der Waals surface area contributed by atoms with Crippen LogP contribution in [-0.4, -0.2) is 36.1 Å². The summed E-state index contributed by atoms with van der Waals surface area (Å²) in [7, 11) is 0. The molecule has 1 saturated heterocycles. The van der Waals surface area contributed by atoms with E-state index in [4.69, 9.17) is 4.74 Å². The molecule has 32 heavy (non-hydrogen) atoms. The third-order valence-electron chi connectivity index (χ3n) is 6.17. The average Bonchev–Trinajstić information content (AvgIpc) is 3.38. The second kappa shape index (κ2) is 7.84. The summed E-state index contributed by atoms with van der Waals surface area (Å²) in [6, 6.07) is 16.9. The molecule has 0 aliphatic carbocycles. The summed E-state index contributed by atoms with van der Waals surface area (Å²) in [5.41, 5.74) is 3.22. The molecular formula is C25H22FN3O3. The first-order valence-corrected chi connectivity index (χ1v) is 10.5. The lowest BCUT2D eigenvalue weighted by Crippen LogP contribution is -2.38. The Bertz CT molecular complexity index is 1180. The lowest BCUT2D eigenvalue weighted by molar-refractivity contribution is -0.124. The number of anilines is 2. The van der Waals surface area contributed by atoms with E-state index in [1.807, 2.05) is 37.3 Å². The third-order valence-corrected chi connectivity index (χ3v) is 6.17. The van der Waals surface area contributed by atoms with E-state index in [0.717, 1.165) is 16.9 Å². The highest BCUT2D eigenvalue weighted by atomic mass is 19.1. The maximum atomic E-state index is 13.3. The molecule has 0 unspecified atom stereocenters. The van der Waals surface area contributed by atoms with Gasteiger partial charge in [-0.15, -0.1) is 0 Å². The van der Waals surface area contributed by atoms with Gasteiger partial charge in [0.05, 0.1) is 18.5 Å². The highest BCUT2D eigenvalue weighted by Gasteiger charge is 2.51. The molecule has 3 heterocycles. The van der Waals surface area contributed by atoms with Crippen molar-refractivity contribution in [3.8, 4) is 0 Å². The first-order chi connectivity index (χ1) is 15.4. The number of fused-ring (bicyclic) bond motifs is 2. The Labute approximate surface area is 185 Å². The van der Waals surface area contributed by atoms with E-state index in [-0.39, 0.29) is 17.6 Å². The third kappa shape index (κ3) is 3.54. The molecular weight excluding hydrogens is 409 g/mol. The predicted molar refractivity (Wildman–Crippen MR) is 118 cm³/mol. The minimum absolute atomic E-state index is 0.201. The average molecular weight is 431 g/mol. The fourth-order valence-electron chi connectivity index (χ4n) is 4.52. The van der Waals surface area contributed by atoms with Crippen LogP contribution in [0, 0.1) is 12.7 Å². The molecule has 2 amide bonds. The number of aromatic nitrogens is 1. The largest absolute Gasteiger partial charge is 0.367 e. The summed E-state index contributed by atoms with van der Waals surface area (Å²) in [4.78, 5) is 32.0. The zero-order valence-corrected chi connectivity index (χ0v) is 17.5. The standard InChI is InChI=1S/C25H22FN3O3/c1-16-6-11-19(13-27-16)28-23(30)22-12-25(15-32-22)14-29(21-5-3-2-4-20(21)25)24(31)17-7-9-18(26)10-8-17/h2-11,13,22H,12,14-15H2,1H3,(H,28,30)/t22-,25-/m0/s1. The summed E-state index contributed by atoms with van der Waals surface area (Å²) in [5.74, 6) is -0.817. The van der Waals surface area contributed by atoms with Gasteiger partial charge in [-0.05, 0) is 61.4 Å². The number of nitrogens with one attached hydrogen (secondary N) is 1. The van der Waals surface area contributed by atoms with Crippen molar-refractivity contribution in [2.24, 2.45) is 0 Å². The van der Waals surface area contributed by atoms with E-state index in [0.29, 0.717) is 30.8 Å². The Morgan fingerprint density at radius 2 is 1.91 bits per heavy atom. The van der Waals surface area contributed by atoms with Crippen LogP contribution in [0.4, 0.5) is 15.8 Å². The fourth-order valence-corrected chi connectivity index (χ4v) is 4.52. The molecule has 6 nitrogen and oxygen atoms in total. The molecule has 2 aliphatic heterocycles. The number of carbonyl (C=O) groups is 2. The van der Waals surface area contributed by atoms with Crippen molar-refractivity contribution in [3.05, 3.63) is 89.5 Å². The lowest BCUT2D eigenvalue weighted by atomic mass is 9.80. The first kappa shape index (κ1) is 20.3. The second-order valence-electron chi connectivity index (χ2n) is 8.38. The van der Waals surface area contributed by atoms with Gasteiger partial charge in [-0.3, -0.25) is 14.6 Å². The number of aryl methyl sites for hydroxylation is 1. The monoisotopic (exact) mass is 431 g/mol. The number of nitrogens with zero attached hydrogens (tertiary/aromatic N) is 2. The molecule has 0 radical (unpaired) electrons. The van der Waals surface area contributed by atoms with Crippen LogP contribution >= 0.6 is 0 Å². The maximum Gasteiger partial charge on any atom is 0.258 e. The van der Waals surface area contributed by atoms with Crippen LogP contribution in [0.3, 0.4) is 0 Å². The van der Waals surface area contributed by atoms with Crippen molar-refractivity contribution >= 4 is 23.2 Å². The molecule has 2 atom stereocenters. The Balaban J connectivity index is 1.38. The molecule has 2 aliphatic rings. The minimum Gasteiger partial charge on any atom is -0.367 e. The van der Waals surface area contributed by atoms with Crippen LogP contribution in [-0.2, 0) is 14.9 Å². The topological polar surface area (TPSA) is 71.5 Å². The van der Waals surface area contributed by atoms with E-state index in [9.17, 15) is 14.0 Å². The fraction of sp³-hybridized carbons (Fsp3) is 0.240. The van der Waals surface area contributed by atoms with E-state index in [1.54, 1.807) is 17.2 Å². The van der Waals surface area contributed by atoms with Gasteiger partial charge in [0, 0.05) is 28.9 Å². The second-order valence-corrected chi connectivity index (χ2v) is 8.38. The first-order valence-electron chi connectivity index (χ1n) is 10.5. The van der Waals surface area contributed by atoms with Gasteiger partial charge in [0.2, 0.25) is 0 Å². The van der Waals surface area contributed by atoms with Crippen molar-refractivity contribution in [2.45, 2.75) is 24.9 Å². The molecule has 0 saturated carbocycles. The van der Waals surface area contributed by atoms with Crippen LogP contribution in [0.1, 0.15) is 28.0 Å². The molecule has 3 aromatic rings. The maximum absolute atomic E-state index is 13.3. The number of benzene rings is 2. The highest BCUT2D eigenvalue weighted by Crippen LogP contribution is 2.47. The number of halogens is 1. The van der Waals surface area contributed by atoms with Gasteiger partial charge in [-0.1, -0.05) is 18.2 Å². The van der Waals surface area contributed by atoms with Gasteiger partial charge < -0.3 is 15.0 Å².